The molecule has 0 spiro atoms. The van der Waals surface area contributed by atoms with Crippen molar-refractivity contribution in [2.75, 3.05) is 18.0 Å². The topological polar surface area (TPSA) is 80.5 Å². The predicted molar refractivity (Wildman–Crippen MR) is 134 cm³/mol. The van der Waals surface area contributed by atoms with Gasteiger partial charge in [-0.1, -0.05) is 60.1 Å². The van der Waals surface area contributed by atoms with Crippen LogP contribution in [-0.2, 0) is 0 Å². The summed E-state index contributed by atoms with van der Waals surface area (Å²) in [4.78, 5) is 38.6. The van der Waals surface area contributed by atoms with E-state index >= 15 is 0 Å². The molecule has 0 unspecified atom stereocenters. The van der Waals surface area contributed by atoms with Gasteiger partial charge < -0.3 is 4.90 Å². The summed E-state index contributed by atoms with van der Waals surface area (Å²) in [5, 5.41) is 12.4. The number of carbonyl (C=O) groups excluding carboxylic acids is 2. The van der Waals surface area contributed by atoms with Gasteiger partial charge in [-0.2, -0.15) is 0 Å². The van der Waals surface area contributed by atoms with Crippen molar-refractivity contribution in [2.24, 2.45) is 5.92 Å². The first kappa shape index (κ1) is 23.4. The van der Waals surface area contributed by atoms with Crippen molar-refractivity contribution < 1.29 is 14.5 Å². The Labute approximate surface area is 202 Å². The molecule has 0 radical (unpaired) electrons. The molecule has 1 saturated heterocycles. The molecular formula is C27H23ClN2O4. The summed E-state index contributed by atoms with van der Waals surface area (Å²) in [6.07, 6.45) is 4.28. The molecule has 172 valence electrons. The maximum Gasteiger partial charge on any atom is 0.293 e. The molecule has 6 nitrogen and oxygen atoms in total. The minimum Gasteiger partial charge on any atom is -0.366 e. The molecule has 0 saturated carbocycles. The van der Waals surface area contributed by atoms with Crippen molar-refractivity contribution in [1.82, 2.24) is 0 Å². The quantitative estimate of drug-likeness (QED) is 0.175. The Bertz CT molecular complexity index is 1230. The van der Waals surface area contributed by atoms with Gasteiger partial charge >= 0.3 is 0 Å². The Balaban J connectivity index is 1.47. The van der Waals surface area contributed by atoms with Crippen LogP contribution in [0.15, 0.2) is 78.9 Å². The maximum atomic E-state index is 12.7. The zero-order valence-electron chi connectivity index (χ0n) is 18.4. The first-order chi connectivity index (χ1) is 16.4. The lowest BCUT2D eigenvalue weighted by Gasteiger charge is -2.32. The summed E-state index contributed by atoms with van der Waals surface area (Å²) in [7, 11) is 0. The number of hydrogen-bond donors (Lipinski definition) is 0. The summed E-state index contributed by atoms with van der Waals surface area (Å²) in [5.41, 5.74) is 2.10. The van der Waals surface area contributed by atoms with E-state index in [1.54, 1.807) is 42.5 Å². The zero-order valence-corrected chi connectivity index (χ0v) is 19.1. The molecule has 3 aromatic carbocycles. The van der Waals surface area contributed by atoms with E-state index in [0.29, 0.717) is 42.2 Å². The number of nitro groups is 1. The standard InChI is InChI=1S/C27H23ClN2O4/c28-23-10-6-19(7-11-23)8-13-26(31)22-9-12-24(25(18-22)30(33)34)29-16-14-21(15-17-29)27(32)20-4-2-1-3-5-20/h1-13,18,21H,14-17H2. The smallest absolute Gasteiger partial charge is 0.293 e. The van der Waals surface area contributed by atoms with Crippen LogP contribution in [-0.4, -0.2) is 29.6 Å². The maximum absolute atomic E-state index is 12.7. The van der Waals surface area contributed by atoms with Gasteiger partial charge in [0.2, 0.25) is 0 Å². The van der Waals surface area contributed by atoms with E-state index in [-0.39, 0.29) is 28.7 Å². The number of ketones is 2. The lowest BCUT2D eigenvalue weighted by molar-refractivity contribution is -0.384. The number of nitro benzene ring substituents is 1. The molecule has 34 heavy (non-hydrogen) atoms. The van der Waals surface area contributed by atoms with Gasteiger partial charge in [-0.25, -0.2) is 0 Å². The van der Waals surface area contributed by atoms with E-state index in [9.17, 15) is 19.7 Å². The fraction of sp³-hybridized carbons (Fsp3) is 0.185. The van der Waals surface area contributed by atoms with Gasteiger partial charge in [0.1, 0.15) is 5.69 Å². The molecule has 0 bridgehead atoms. The average Bonchev–Trinajstić information content (AvgIpc) is 2.88. The van der Waals surface area contributed by atoms with Crippen LogP contribution in [0, 0.1) is 16.0 Å². The van der Waals surface area contributed by atoms with Crippen molar-refractivity contribution >= 4 is 40.6 Å². The van der Waals surface area contributed by atoms with Crippen molar-refractivity contribution in [3.05, 3.63) is 111 Å². The van der Waals surface area contributed by atoms with Crippen LogP contribution in [0.4, 0.5) is 11.4 Å². The van der Waals surface area contributed by atoms with Gasteiger partial charge in [0.05, 0.1) is 4.92 Å². The Morgan fingerprint density at radius 1 is 0.941 bits per heavy atom. The summed E-state index contributed by atoms with van der Waals surface area (Å²) in [5.74, 6) is -0.309. The number of nitrogens with zero attached hydrogens (tertiary/aromatic N) is 2. The predicted octanol–water partition coefficient (Wildman–Crippen LogP) is 6.24. The fourth-order valence-electron chi connectivity index (χ4n) is 4.15. The molecule has 0 aromatic heterocycles. The SMILES string of the molecule is O=C(C=Cc1ccc(Cl)cc1)c1ccc(N2CCC(C(=O)c3ccccc3)CC2)c([N+](=O)[O-])c1. The second-order valence-electron chi connectivity index (χ2n) is 8.20. The lowest BCUT2D eigenvalue weighted by Crippen LogP contribution is -2.36. The number of anilines is 1. The van der Waals surface area contributed by atoms with Crippen LogP contribution in [0.1, 0.15) is 39.1 Å². The van der Waals surface area contributed by atoms with Gasteiger partial charge in [0, 0.05) is 41.2 Å². The van der Waals surface area contributed by atoms with E-state index in [2.05, 4.69) is 0 Å². The second-order valence-corrected chi connectivity index (χ2v) is 8.64. The summed E-state index contributed by atoms with van der Waals surface area (Å²) >= 11 is 5.87. The number of carbonyl (C=O) groups is 2. The molecule has 0 amide bonds. The Morgan fingerprint density at radius 3 is 2.26 bits per heavy atom. The van der Waals surface area contributed by atoms with Crippen molar-refractivity contribution in [3.8, 4) is 0 Å². The second kappa shape index (κ2) is 10.4. The number of hydrogen-bond acceptors (Lipinski definition) is 5. The minimum absolute atomic E-state index is 0.100. The fourth-order valence-corrected chi connectivity index (χ4v) is 4.28. The molecular weight excluding hydrogens is 452 g/mol. The zero-order chi connectivity index (χ0) is 24.1. The number of piperidine rings is 1. The molecule has 1 fully saturated rings. The molecule has 1 heterocycles. The largest absolute Gasteiger partial charge is 0.366 e. The van der Waals surface area contributed by atoms with Crippen molar-refractivity contribution in [3.63, 3.8) is 0 Å². The summed E-state index contributed by atoms with van der Waals surface area (Å²) in [6.45, 7) is 1.07. The number of halogens is 1. The van der Waals surface area contributed by atoms with Crippen LogP contribution in [0.2, 0.25) is 5.02 Å². The lowest BCUT2D eigenvalue weighted by atomic mass is 9.88. The molecule has 1 aliphatic rings. The highest BCUT2D eigenvalue weighted by Gasteiger charge is 2.29. The van der Waals surface area contributed by atoms with E-state index in [4.69, 9.17) is 11.6 Å². The number of allylic oxidation sites excluding steroid dienone is 1. The first-order valence-corrected chi connectivity index (χ1v) is 11.4. The third-order valence-corrected chi connectivity index (χ3v) is 6.27. The monoisotopic (exact) mass is 474 g/mol. The first-order valence-electron chi connectivity index (χ1n) is 11.0. The van der Waals surface area contributed by atoms with Crippen molar-refractivity contribution in [2.45, 2.75) is 12.8 Å². The minimum atomic E-state index is -0.462. The third-order valence-electron chi connectivity index (χ3n) is 6.02. The van der Waals surface area contributed by atoms with Gasteiger partial charge in [0.25, 0.3) is 5.69 Å². The normalized spacial score (nSPS) is 14.3. The molecule has 7 heteroatoms. The number of benzene rings is 3. The Hall–Kier alpha value is -3.77. The van der Waals surface area contributed by atoms with Crippen LogP contribution < -0.4 is 4.90 Å². The van der Waals surface area contributed by atoms with Crippen LogP contribution in [0.3, 0.4) is 0 Å². The van der Waals surface area contributed by atoms with Gasteiger partial charge in [-0.15, -0.1) is 0 Å². The number of rotatable bonds is 7. The summed E-state index contributed by atoms with van der Waals surface area (Å²) in [6, 6.07) is 20.8. The summed E-state index contributed by atoms with van der Waals surface area (Å²) < 4.78 is 0. The van der Waals surface area contributed by atoms with Gasteiger partial charge in [0.15, 0.2) is 11.6 Å². The molecule has 4 rings (SSSR count). The average molecular weight is 475 g/mol. The molecule has 1 aliphatic heterocycles. The third kappa shape index (κ3) is 5.41. The van der Waals surface area contributed by atoms with Gasteiger partial charge in [-0.3, -0.25) is 19.7 Å². The molecule has 3 aromatic rings. The van der Waals surface area contributed by atoms with E-state index in [1.165, 1.54) is 12.1 Å². The Morgan fingerprint density at radius 2 is 1.62 bits per heavy atom. The van der Waals surface area contributed by atoms with E-state index < -0.39 is 4.92 Å². The highest BCUT2D eigenvalue weighted by Crippen LogP contribution is 2.33. The molecule has 0 atom stereocenters. The number of Topliss-reactive ketones (excluding diaryl/α,β-unsaturated/α-hetero) is 1. The van der Waals surface area contributed by atoms with E-state index in [0.717, 1.165) is 5.56 Å². The molecule has 0 N–H and O–H groups in total. The highest BCUT2D eigenvalue weighted by atomic mass is 35.5. The van der Waals surface area contributed by atoms with Crippen LogP contribution in [0.25, 0.3) is 6.08 Å². The van der Waals surface area contributed by atoms with Crippen molar-refractivity contribution in [1.29, 1.82) is 0 Å². The van der Waals surface area contributed by atoms with Gasteiger partial charge in [-0.05, 0) is 48.7 Å². The van der Waals surface area contributed by atoms with E-state index in [1.807, 2.05) is 35.2 Å². The highest BCUT2D eigenvalue weighted by molar-refractivity contribution is 6.30. The van der Waals surface area contributed by atoms with Crippen LogP contribution in [0.5, 0.6) is 0 Å². The van der Waals surface area contributed by atoms with Crippen LogP contribution >= 0.6 is 11.6 Å². The Kier molecular flexibility index (Phi) is 7.18. The molecule has 0 aliphatic carbocycles.